The van der Waals surface area contributed by atoms with Crippen molar-refractivity contribution in [1.82, 2.24) is 10.2 Å². The molecule has 0 N–H and O–H groups in total. The van der Waals surface area contributed by atoms with Gasteiger partial charge in [-0.25, -0.2) is 4.39 Å². The number of aromatic nitrogens is 2. The van der Waals surface area contributed by atoms with Crippen molar-refractivity contribution in [2.24, 2.45) is 0 Å². The maximum Gasteiger partial charge on any atom is 0.249 e. The van der Waals surface area contributed by atoms with Crippen LogP contribution in [0.4, 0.5) is 4.39 Å². The zero-order valence-corrected chi connectivity index (χ0v) is 12.5. The summed E-state index contributed by atoms with van der Waals surface area (Å²) < 4.78 is 19.0. The third-order valence-corrected chi connectivity index (χ3v) is 3.70. The molecule has 0 saturated heterocycles. The molecule has 0 amide bonds. The Morgan fingerprint density at radius 3 is 2.19 bits per heavy atom. The van der Waals surface area contributed by atoms with Crippen LogP contribution in [0, 0.1) is 5.82 Å². The Bertz CT molecular complexity index is 820. The lowest BCUT2D eigenvalue weighted by atomic mass is 10.2. The van der Waals surface area contributed by atoms with Crippen LogP contribution in [0.15, 0.2) is 40.8 Å². The summed E-state index contributed by atoms with van der Waals surface area (Å²) in [5.41, 5.74) is 0.854. The molecule has 106 valence electrons. The Hall–Kier alpha value is -1.62. The Labute approximate surface area is 134 Å². The summed E-state index contributed by atoms with van der Waals surface area (Å²) in [4.78, 5) is 0. The van der Waals surface area contributed by atoms with Crippen molar-refractivity contribution in [3.8, 4) is 22.9 Å². The first kappa shape index (κ1) is 14.3. The number of hydrogen-bond donors (Lipinski definition) is 0. The van der Waals surface area contributed by atoms with Gasteiger partial charge >= 0.3 is 0 Å². The predicted octanol–water partition coefficient (Wildman–Crippen LogP) is 5.50. The number of halogens is 4. The molecule has 0 aliphatic rings. The maximum absolute atomic E-state index is 13.5. The molecule has 2 aromatic carbocycles. The second kappa shape index (κ2) is 5.64. The van der Waals surface area contributed by atoms with Crippen LogP contribution in [0.25, 0.3) is 22.9 Å². The molecule has 1 heterocycles. The first-order chi connectivity index (χ1) is 10.1. The summed E-state index contributed by atoms with van der Waals surface area (Å²) in [7, 11) is 0. The number of hydrogen-bond acceptors (Lipinski definition) is 3. The second-order valence-corrected chi connectivity index (χ2v) is 5.36. The lowest BCUT2D eigenvalue weighted by molar-refractivity contribution is 0.582. The van der Waals surface area contributed by atoms with Gasteiger partial charge in [0.05, 0.1) is 26.2 Å². The minimum Gasteiger partial charge on any atom is -0.416 e. The molecule has 0 spiro atoms. The van der Waals surface area contributed by atoms with E-state index in [9.17, 15) is 4.39 Å². The summed E-state index contributed by atoms with van der Waals surface area (Å²) >= 11 is 17.7. The maximum atomic E-state index is 13.5. The Morgan fingerprint density at radius 2 is 1.48 bits per heavy atom. The van der Waals surface area contributed by atoms with Crippen LogP contribution >= 0.6 is 34.8 Å². The lowest BCUT2D eigenvalue weighted by Crippen LogP contribution is -1.84. The van der Waals surface area contributed by atoms with Crippen LogP contribution in [0.2, 0.25) is 15.1 Å². The van der Waals surface area contributed by atoms with Crippen molar-refractivity contribution in [2.45, 2.75) is 0 Å². The summed E-state index contributed by atoms with van der Waals surface area (Å²) in [6.07, 6.45) is 0. The molecule has 0 radical (unpaired) electrons. The molecule has 0 bridgehead atoms. The van der Waals surface area contributed by atoms with Crippen LogP contribution in [-0.2, 0) is 0 Å². The standard InChI is InChI=1S/C14H6Cl3FN2O/c15-9-4-2-1-3-7(9)13-19-20-14(21-13)8-5-12(18)11(17)6-10(8)16/h1-6H. The molecular formula is C14H6Cl3FN2O. The molecule has 0 aliphatic carbocycles. The largest absolute Gasteiger partial charge is 0.416 e. The third-order valence-electron chi connectivity index (χ3n) is 2.77. The Kier molecular flexibility index (Phi) is 3.85. The zero-order chi connectivity index (χ0) is 15.0. The van der Waals surface area contributed by atoms with Crippen LogP contribution in [0.5, 0.6) is 0 Å². The van der Waals surface area contributed by atoms with Gasteiger partial charge < -0.3 is 4.42 Å². The van der Waals surface area contributed by atoms with E-state index >= 15 is 0 Å². The first-order valence-corrected chi connectivity index (χ1v) is 6.93. The van der Waals surface area contributed by atoms with Crippen LogP contribution < -0.4 is 0 Å². The molecule has 3 aromatic rings. The van der Waals surface area contributed by atoms with Crippen molar-refractivity contribution in [3.05, 3.63) is 57.3 Å². The zero-order valence-electron chi connectivity index (χ0n) is 10.3. The highest BCUT2D eigenvalue weighted by Crippen LogP contribution is 2.34. The van der Waals surface area contributed by atoms with Gasteiger partial charge in [-0.2, -0.15) is 0 Å². The molecule has 0 saturated carbocycles. The normalized spacial score (nSPS) is 10.9. The highest BCUT2D eigenvalue weighted by molar-refractivity contribution is 6.36. The molecule has 0 unspecified atom stereocenters. The second-order valence-electron chi connectivity index (χ2n) is 4.14. The van der Waals surface area contributed by atoms with Gasteiger partial charge in [-0.05, 0) is 24.3 Å². The highest BCUT2D eigenvalue weighted by Gasteiger charge is 2.17. The van der Waals surface area contributed by atoms with Gasteiger partial charge in [-0.3, -0.25) is 0 Å². The van der Waals surface area contributed by atoms with E-state index in [1.165, 1.54) is 6.07 Å². The minimum atomic E-state index is -0.617. The molecule has 0 fully saturated rings. The average molecular weight is 344 g/mol. The van der Waals surface area contributed by atoms with Gasteiger partial charge in [-0.15, -0.1) is 10.2 Å². The van der Waals surface area contributed by atoms with E-state index in [4.69, 9.17) is 39.2 Å². The smallest absolute Gasteiger partial charge is 0.249 e. The van der Waals surface area contributed by atoms with Gasteiger partial charge in [0.1, 0.15) is 5.82 Å². The molecule has 3 rings (SSSR count). The summed E-state index contributed by atoms with van der Waals surface area (Å²) in [6, 6.07) is 9.45. The fourth-order valence-corrected chi connectivity index (χ4v) is 2.44. The number of nitrogens with zero attached hydrogens (tertiary/aromatic N) is 2. The summed E-state index contributed by atoms with van der Waals surface area (Å²) in [5, 5.41) is 8.38. The van der Waals surface area contributed by atoms with Crippen molar-refractivity contribution < 1.29 is 8.81 Å². The van der Waals surface area contributed by atoms with Gasteiger partial charge in [0.15, 0.2) is 0 Å². The van der Waals surface area contributed by atoms with Gasteiger partial charge in [-0.1, -0.05) is 46.9 Å². The Morgan fingerprint density at radius 1 is 0.810 bits per heavy atom. The van der Waals surface area contributed by atoms with Crippen molar-refractivity contribution in [1.29, 1.82) is 0 Å². The molecule has 21 heavy (non-hydrogen) atoms. The molecule has 1 aromatic heterocycles. The van der Waals surface area contributed by atoms with Crippen molar-refractivity contribution in [3.63, 3.8) is 0 Å². The monoisotopic (exact) mass is 342 g/mol. The van der Waals surface area contributed by atoms with E-state index in [1.807, 2.05) is 0 Å². The SMILES string of the molecule is Fc1cc(-c2nnc(-c3ccccc3Cl)o2)c(Cl)cc1Cl. The predicted molar refractivity (Wildman–Crippen MR) is 80.2 cm³/mol. The molecule has 0 aliphatic heterocycles. The van der Waals surface area contributed by atoms with Gasteiger partial charge in [0, 0.05) is 0 Å². The summed E-state index contributed by atoms with van der Waals surface area (Å²) in [5.74, 6) is -0.305. The van der Waals surface area contributed by atoms with Gasteiger partial charge in [0.25, 0.3) is 0 Å². The van der Waals surface area contributed by atoms with E-state index in [-0.39, 0.29) is 27.4 Å². The number of benzene rings is 2. The van der Waals surface area contributed by atoms with E-state index in [2.05, 4.69) is 10.2 Å². The summed E-state index contributed by atoms with van der Waals surface area (Å²) in [6.45, 7) is 0. The van der Waals surface area contributed by atoms with E-state index in [0.717, 1.165) is 6.07 Å². The quantitative estimate of drug-likeness (QED) is 0.576. The minimum absolute atomic E-state index is 0.0745. The Balaban J connectivity index is 2.07. The van der Waals surface area contributed by atoms with Crippen LogP contribution in [0.3, 0.4) is 0 Å². The molecular weight excluding hydrogens is 338 g/mol. The molecule has 3 nitrogen and oxygen atoms in total. The van der Waals surface area contributed by atoms with E-state index in [1.54, 1.807) is 24.3 Å². The van der Waals surface area contributed by atoms with Crippen LogP contribution in [-0.4, -0.2) is 10.2 Å². The van der Waals surface area contributed by atoms with Crippen molar-refractivity contribution in [2.75, 3.05) is 0 Å². The lowest BCUT2D eigenvalue weighted by Gasteiger charge is -2.01. The average Bonchev–Trinajstić information content (AvgIpc) is 2.92. The van der Waals surface area contributed by atoms with Crippen LogP contribution in [0.1, 0.15) is 0 Å². The molecule has 7 heteroatoms. The van der Waals surface area contributed by atoms with Gasteiger partial charge in [0.2, 0.25) is 11.8 Å². The van der Waals surface area contributed by atoms with Crippen molar-refractivity contribution >= 4 is 34.8 Å². The number of rotatable bonds is 2. The fraction of sp³-hybridized carbons (Fsp3) is 0. The fourth-order valence-electron chi connectivity index (χ4n) is 1.76. The van der Waals surface area contributed by atoms with E-state index in [0.29, 0.717) is 10.6 Å². The topological polar surface area (TPSA) is 38.9 Å². The van der Waals surface area contributed by atoms with E-state index < -0.39 is 5.82 Å². The third kappa shape index (κ3) is 2.75. The molecule has 0 atom stereocenters. The highest BCUT2D eigenvalue weighted by atomic mass is 35.5. The first-order valence-electron chi connectivity index (χ1n) is 5.79.